The van der Waals surface area contributed by atoms with Crippen molar-refractivity contribution in [2.75, 3.05) is 20.8 Å². The maximum atomic E-state index is 13.3. The molecule has 26 heavy (non-hydrogen) atoms. The van der Waals surface area contributed by atoms with Crippen molar-refractivity contribution in [3.63, 3.8) is 0 Å². The molecule has 0 saturated heterocycles. The number of halogens is 2. The summed E-state index contributed by atoms with van der Waals surface area (Å²) in [6.07, 6.45) is 0. The van der Waals surface area contributed by atoms with E-state index in [-0.39, 0.29) is 29.8 Å². The second-order valence-corrected chi connectivity index (χ2v) is 5.33. The number of methoxy groups -OCH3 is 2. The minimum atomic E-state index is -0.258. The summed E-state index contributed by atoms with van der Waals surface area (Å²) >= 11 is 0. The number of rotatable bonds is 7. The summed E-state index contributed by atoms with van der Waals surface area (Å²) in [5.41, 5.74) is 1.77. The van der Waals surface area contributed by atoms with Gasteiger partial charge in [0.15, 0.2) is 17.5 Å². The van der Waals surface area contributed by atoms with E-state index in [9.17, 15) is 4.39 Å². The van der Waals surface area contributed by atoms with Crippen LogP contribution in [-0.4, -0.2) is 26.7 Å². The van der Waals surface area contributed by atoms with Crippen molar-refractivity contribution in [1.29, 1.82) is 0 Å². The normalized spacial score (nSPS) is 10.7. The molecule has 0 fully saturated rings. The SMILES string of the molecule is CCNC(=NCc1cccc(F)c1)NCc1cccc(OC)c1OC.I. The summed E-state index contributed by atoms with van der Waals surface area (Å²) in [5, 5.41) is 6.43. The van der Waals surface area contributed by atoms with Gasteiger partial charge in [0.2, 0.25) is 0 Å². The van der Waals surface area contributed by atoms with Crippen LogP contribution < -0.4 is 20.1 Å². The Morgan fingerprint density at radius 2 is 1.85 bits per heavy atom. The summed E-state index contributed by atoms with van der Waals surface area (Å²) in [5.74, 6) is 1.77. The van der Waals surface area contributed by atoms with Crippen molar-refractivity contribution in [2.45, 2.75) is 20.0 Å². The molecule has 5 nitrogen and oxygen atoms in total. The highest BCUT2D eigenvalue weighted by molar-refractivity contribution is 14.0. The zero-order valence-electron chi connectivity index (χ0n) is 15.2. The first-order valence-electron chi connectivity index (χ1n) is 8.14. The lowest BCUT2D eigenvalue weighted by molar-refractivity contribution is 0.351. The zero-order chi connectivity index (χ0) is 18.1. The van der Waals surface area contributed by atoms with E-state index in [1.807, 2.05) is 31.2 Å². The summed E-state index contributed by atoms with van der Waals surface area (Å²) < 4.78 is 24.0. The largest absolute Gasteiger partial charge is 0.493 e. The van der Waals surface area contributed by atoms with Crippen LogP contribution in [0.2, 0.25) is 0 Å². The molecule has 0 aromatic heterocycles. The van der Waals surface area contributed by atoms with Gasteiger partial charge in [0, 0.05) is 18.7 Å². The Kier molecular flexibility index (Phi) is 9.79. The molecule has 7 heteroatoms. The fraction of sp³-hybridized carbons (Fsp3) is 0.316. The molecule has 0 aliphatic carbocycles. The van der Waals surface area contributed by atoms with Crippen LogP contribution in [-0.2, 0) is 13.1 Å². The molecule has 0 atom stereocenters. The Balaban J connectivity index is 0.00000338. The van der Waals surface area contributed by atoms with Gasteiger partial charge >= 0.3 is 0 Å². The number of aliphatic imine (C=N–C) groups is 1. The molecule has 0 amide bonds. The summed E-state index contributed by atoms with van der Waals surface area (Å²) in [6, 6.07) is 12.2. The predicted molar refractivity (Wildman–Crippen MR) is 113 cm³/mol. The average Bonchev–Trinajstić information content (AvgIpc) is 2.63. The Bertz CT molecular complexity index is 726. The first-order valence-corrected chi connectivity index (χ1v) is 8.14. The van der Waals surface area contributed by atoms with Crippen molar-refractivity contribution < 1.29 is 13.9 Å². The van der Waals surface area contributed by atoms with Crippen LogP contribution in [0.3, 0.4) is 0 Å². The minimum Gasteiger partial charge on any atom is -0.493 e. The Morgan fingerprint density at radius 1 is 1.08 bits per heavy atom. The van der Waals surface area contributed by atoms with Crippen LogP contribution in [0, 0.1) is 5.82 Å². The summed E-state index contributed by atoms with van der Waals surface area (Å²) in [6.45, 7) is 3.63. The number of hydrogen-bond donors (Lipinski definition) is 2. The minimum absolute atomic E-state index is 0. The number of para-hydroxylation sites is 1. The topological polar surface area (TPSA) is 54.9 Å². The molecule has 2 aromatic rings. The molecule has 2 rings (SSSR count). The van der Waals surface area contributed by atoms with Gasteiger partial charge in [-0.3, -0.25) is 0 Å². The van der Waals surface area contributed by atoms with Gasteiger partial charge in [0.25, 0.3) is 0 Å². The van der Waals surface area contributed by atoms with Crippen molar-refractivity contribution in [2.24, 2.45) is 4.99 Å². The third-order valence-corrected chi connectivity index (χ3v) is 3.58. The average molecular weight is 473 g/mol. The molecule has 0 bridgehead atoms. The van der Waals surface area contributed by atoms with Crippen molar-refractivity contribution >= 4 is 29.9 Å². The van der Waals surface area contributed by atoms with Crippen LogP contribution in [0.4, 0.5) is 4.39 Å². The fourth-order valence-electron chi connectivity index (χ4n) is 2.42. The van der Waals surface area contributed by atoms with E-state index in [1.54, 1.807) is 20.3 Å². The summed E-state index contributed by atoms with van der Waals surface area (Å²) in [7, 11) is 3.23. The number of guanidine groups is 1. The maximum absolute atomic E-state index is 13.3. The highest BCUT2D eigenvalue weighted by atomic mass is 127. The highest BCUT2D eigenvalue weighted by Gasteiger charge is 2.09. The van der Waals surface area contributed by atoms with Gasteiger partial charge in [0.1, 0.15) is 5.82 Å². The quantitative estimate of drug-likeness (QED) is 0.366. The number of ether oxygens (including phenoxy) is 2. The fourth-order valence-corrected chi connectivity index (χ4v) is 2.42. The van der Waals surface area contributed by atoms with Gasteiger partial charge in [-0.1, -0.05) is 24.3 Å². The molecule has 2 N–H and O–H groups in total. The van der Waals surface area contributed by atoms with E-state index in [2.05, 4.69) is 15.6 Å². The van der Waals surface area contributed by atoms with Crippen LogP contribution in [0.1, 0.15) is 18.1 Å². The van der Waals surface area contributed by atoms with E-state index in [0.717, 1.165) is 17.7 Å². The monoisotopic (exact) mass is 473 g/mol. The Morgan fingerprint density at radius 3 is 2.50 bits per heavy atom. The van der Waals surface area contributed by atoms with Crippen molar-refractivity contribution in [3.05, 3.63) is 59.4 Å². The molecule has 0 unspecified atom stereocenters. The van der Waals surface area contributed by atoms with E-state index >= 15 is 0 Å². The Labute approximate surface area is 171 Å². The zero-order valence-corrected chi connectivity index (χ0v) is 17.5. The molecule has 0 aliphatic heterocycles. The number of nitrogens with zero attached hydrogens (tertiary/aromatic N) is 1. The van der Waals surface area contributed by atoms with Gasteiger partial charge in [-0.25, -0.2) is 9.38 Å². The molecule has 0 aliphatic rings. The van der Waals surface area contributed by atoms with Crippen LogP contribution >= 0.6 is 24.0 Å². The molecule has 142 valence electrons. The molecule has 2 aromatic carbocycles. The van der Waals surface area contributed by atoms with Crippen molar-refractivity contribution in [1.82, 2.24) is 10.6 Å². The van der Waals surface area contributed by atoms with Gasteiger partial charge in [-0.2, -0.15) is 0 Å². The molecule has 0 radical (unpaired) electrons. The second kappa shape index (κ2) is 11.6. The van der Waals surface area contributed by atoms with Gasteiger partial charge in [0.05, 0.1) is 20.8 Å². The third-order valence-electron chi connectivity index (χ3n) is 3.58. The number of hydrogen-bond acceptors (Lipinski definition) is 3. The van der Waals surface area contributed by atoms with E-state index in [1.165, 1.54) is 12.1 Å². The molecule has 0 heterocycles. The lowest BCUT2D eigenvalue weighted by Crippen LogP contribution is -2.36. The number of nitrogens with one attached hydrogen (secondary N) is 2. The van der Waals surface area contributed by atoms with Crippen LogP contribution in [0.5, 0.6) is 11.5 Å². The first-order chi connectivity index (χ1) is 12.2. The third kappa shape index (κ3) is 6.36. The van der Waals surface area contributed by atoms with E-state index < -0.39 is 0 Å². The standard InChI is InChI=1S/C19H24FN3O2.HI/c1-4-21-19(22-12-14-7-5-9-16(20)11-14)23-13-15-8-6-10-17(24-2)18(15)25-3;/h5-11H,4,12-13H2,1-3H3,(H2,21,22,23);1H. The van der Waals surface area contributed by atoms with E-state index in [4.69, 9.17) is 9.47 Å². The number of benzene rings is 2. The highest BCUT2D eigenvalue weighted by Crippen LogP contribution is 2.30. The van der Waals surface area contributed by atoms with Crippen LogP contribution in [0.15, 0.2) is 47.5 Å². The van der Waals surface area contributed by atoms with Gasteiger partial charge < -0.3 is 20.1 Å². The van der Waals surface area contributed by atoms with E-state index in [0.29, 0.717) is 30.5 Å². The van der Waals surface area contributed by atoms with Gasteiger partial charge in [-0.15, -0.1) is 24.0 Å². The lowest BCUT2D eigenvalue weighted by Gasteiger charge is -2.15. The Hall–Kier alpha value is -2.03. The first kappa shape index (κ1) is 22.0. The molecular formula is C19H25FIN3O2. The molecule has 0 saturated carbocycles. The lowest BCUT2D eigenvalue weighted by atomic mass is 10.2. The van der Waals surface area contributed by atoms with Gasteiger partial charge in [-0.05, 0) is 30.7 Å². The smallest absolute Gasteiger partial charge is 0.191 e. The predicted octanol–water partition coefficient (Wildman–Crippen LogP) is 3.72. The maximum Gasteiger partial charge on any atom is 0.191 e. The van der Waals surface area contributed by atoms with Crippen LogP contribution in [0.25, 0.3) is 0 Å². The molecular weight excluding hydrogens is 448 g/mol. The summed E-state index contributed by atoms with van der Waals surface area (Å²) in [4.78, 5) is 4.49. The second-order valence-electron chi connectivity index (χ2n) is 5.33. The molecule has 0 spiro atoms. The van der Waals surface area contributed by atoms with Crippen molar-refractivity contribution in [3.8, 4) is 11.5 Å².